The van der Waals surface area contributed by atoms with Gasteiger partial charge in [0.1, 0.15) is 5.69 Å². The van der Waals surface area contributed by atoms with Crippen LogP contribution in [0.15, 0.2) is 6.20 Å². The van der Waals surface area contributed by atoms with Gasteiger partial charge in [0.25, 0.3) is 0 Å². The molecule has 0 aliphatic rings. The maximum Gasteiger partial charge on any atom is 0.170 e. The normalized spacial score (nSPS) is 10.0. The summed E-state index contributed by atoms with van der Waals surface area (Å²) in [6.45, 7) is 4.86. The molecule has 0 spiro atoms. The SMILES string of the molecule is CCCn1cc(C)c(C=O)n1. The molecule has 1 aromatic heterocycles. The summed E-state index contributed by atoms with van der Waals surface area (Å²) in [5, 5.41) is 4.07. The number of carbonyl (C=O) groups is 1. The van der Waals surface area contributed by atoms with E-state index in [4.69, 9.17) is 0 Å². The van der Waals surface area contributed by atoms with Gasteiger partial charge < -0.3 is 0 Å². The highest BCUT2D eigenvalue weighted by Gasteiger charge is 2.01. The largest absolute Gasteiger partial charge is 0.296 e. The monoisotopic (exact) mass is 152 g/mol. The van der Waals surface area contributed by atoms with Crippen molar-refractivity contribution in [3.8, 4) is 0 Å². The number of nitrogens with zero attached hydrogens (tertiary/aromatic N) is 2. The van der Waals surface area contributed by atoms with Gasteiger partial charge in [0, 0.05) is 12.7 Å². The van der Waals surface area contributed by atoms with Gasteiger partial charge in [-0.3, -0.25) is 9.48 Å². The summed E-state index contributed by atoms with van der Waals surface area (Å²) in [7, 11) is 0. The minimum atomic E-state index is 0.554. The van der Waals surface area contributed by atoms with E-state index in [-0.39, 0.29) is 0 Å². The summed E-state index contributed by atoms with van der Waals surface area (Å²) in [6, 6.07) is 0. The molecule has 0 bridgehead atoms. The Bertz CT molecular complexity index is 253. The minimum Gasteiger partial charge on any atom is -0.296 e. The first-order valence-electron chi connectivity index (χ1n) is 3.77. The Morgan fingerprint density at radius 3 is 2.91 bits per heavy atom. The van der Waals surface area contributed by atoms with E-state index in [2.05, 4.69) is 12.0 Å². The fourth-order valence-electron chi connectivity index (χ4n) is 0.996. The molecular formula is C8H12N2O. The Kier molecular flexibility index (Phi) is 2.41. The zero-order valence-corrected chi connectivity index (χ0v) is 6.87. The molecule has 0 saturated heterocycles. The molecule has 1 heterocycles. The second-order valence-corrected chi connectivity index (χ2v) is 2.58. The Hall–Kier alpha value is -1.12. The van der Waals surface area contributed by atoms with Gasteiger partial charge in [0.15, 0.2) is 6.29 Å². The molecule has 0 aliphatic carbocycles. The minimum absolute atomic E-state index is 0.554. The van der Waals surface area contributed by atoms with E-state index in [1.807, 2.05) is 13.1 Å². The first-order valence-corrected chi connectivity index (χ1v) is 3.77. The average molecular weight is 152 g/mol. The molecular weight excluding hydrogens is 140 g/mol. The topological polar surface area (TPSA) is 34.9 Å². The Labute approximate surface area is 66.0 Å². The Balaban J connectivity index is 2.86. The predicted molar refractivity (Wildman–Crippen MR) is 42.6 cm³/mol. The molecule has 0 saturated carbocycles. The van der Waals surface area contributed by atoms with Crippen LogP contribution in [0.4, 0.5) is 0 Å². The van der Waals surface area contributed by atoms with Crippen LogP contribution in [0.25, 0.3) is 0 Å². The van der Waals surface area contributed by atoms with Crippen LogP contribution in [-0.4, -0.2) is 16.1 Å². The van der Waals surface area contributed by atoms with Gasteiger partial charge in [-0.1, -0.05) is 6.92 Å². The van der Waals surface area contributed by atoms with Crippen molar-refractivity contribution in [3.05, 3.63) is 17.5 Å². The van der Waals surface area contributed by atoms with Crippen LogP contribution in [0.5, 0.6) is 0 Å². The second-order valence-electron chi connectivity index (χ2n) is 2.58. The van der Waals surface area contributed by atoms with Gasteiger partial charge in [0.05, 0.1) is 0 Å². The maximum absolute atomic E-state index is 10.4. The first kappa shape index (κ1) is 7.98. The second kappa shape index (κ2) is 3.32. The van der Waals surface area contributed by atoms with Crippen LogP contribution < -0.4 is 0 Å². The van der Waals surface area contributed by atoms with Gasteiger partial charge in [-0.05, 0) is 18.9 Å². The molecule has 3 nitrogen and oxygen atoms in total. The summed E-state index contributed by atoms with van der Waals surface area (Å²) < 4.78 is 1.80. The van der Waals surface area contributed by atoms with Crippen molar-refractivity contribution < 1.29 is 4.79 Å². The summed E-state index contributed by atoms with van der Waals surface area (Å²) in [5.74, 6) is 0. The molecule has 0 aromatic carbocycles. The number of rotatable bonds is 3. The van der Waals surface area contributed by atoms with E-state index >= 15 is 0 Å². The van der Waals surface area contributed by atoms with Crippen LogP contribution in [-0.2, 0) is 6.54 Å². The van der Waals surface area contributed by atoms with E-state index < -0.39 is 0 Å². The third-order valence-corrected chi connectivity index (χ3v) is 1.55. The molecule has 1 aromatic rings. The average Bonchev–Trinajstić information content (AvgIpc) is 2.32. The standard InChI is InChI=1S/C8H12N2O/c1-3-4-10-5-7(2)8(6-11)9-10/h5-6H,3-4H2,1-2H3. The lowest BCUT2D eigenvalue weighted by Crippen LogP contribution is -1.97. The van der Waals surface area contributed by atoms with Crippen molar-refractivity contribution in [1.82, 2.24) is 9.78 Å². The molecule has 1 rings (SSSR count). The lowest BCUT2D eigenvalue weighted by molar-refractivity contribution is 0.111. The van der Waals surface area contributed by atoms with Crippen LogP contribution in [0.3, 0.4) is 0 Å². The number of aryl methyl sites for hydroxylation is 2. The lowest BCUT2D eigenvalue weighted by Gasteiger charge is -1.93. The number of aromatic nitrogens is 2. The van der Waals surface area contributed by atoms with Crippen molar-refractivity contribution in [1.29, 1.82) is 0 Å². The van der Waals surface area contributed by atoms with Crippen LogP contribution in [0, 0.1) is 6.92 Å². The van der Waals surface area contributed by atoms with Gasteiger partial charge in [-0.2, -0.15) is 5.10 Å². The number of carbonyl (C=O) groups excluding carboxylic acids is 1. The molecule has 0 fully saturated rings. The smallest absolute Gasteiger partial charge is 0.170 e. The van der Waals surface area contributed by atoms with Crippen LogP contribution >= 0.6 is 0 Å². The van der Waals surface area contributed by atoms with Crippen molar-refractivity contribution in [2.45, 2.75) is 26.8 Å². The Morgan fingerprint density at radius 1 is 1.73 bits per heavy atom. The summed E-state index contributed by atoms with van der Waals surface area (Å²) in [5.41, 5.74) is 1.51. The van der Waals surface area contributed by atoms with E-state index in [9.17, 15) is 4.79 Å². The summed E-state index contributed by atoms with van der Waals surface area (Å²) in [6.07, 6.45) is 3.73. The quantitative estimate of drug-likeness (QED) is 0.614. The van der Waals surface area contributed by atoms with Crippen molar-refractivity contribution in [2.24, 2.45) is 0 Å². The lowest BCUT2D eigenvalue weighted by atomic mass is 10.3. The third-order valence-electron chi connectivity index (χ3n) is 1.55. The number of aldehydes is 1. The first-order chi connectivity index (χ1) is 5.27. The predicted octanol–water partition coefficient (Wildman–Crippen LogP) is 1.41. The summed E-state index contributed by atoms with van der Waals surface area (Å²) in [4.78, 5) is 10.4. The molecule has 3 heteroatoms. The molecule has 0 atom stereocenters. The van der Waals surface area contributed by atoms with E-state index in [0.717, 1.165) is 24.8 Å². The van der Waals surface area contributed by atoms with E-state index in [1.54, 1.807) is 4.68 Å². The highest BCUT2D eigenvalue weighted by Crippen LogP contribution is 2.02. The molecule has 0 aliphatic heterocycles. The summed E-state index contributed by atoms with van der Waals surface area (Å²) >= 11 is 0. The van der Waals surface area contributed by atoms with E-state index in [0.29, 0.717) is 5.69 Å². The molecule has 0 amide bonds. The number of hydrogen-bond acceptors (Lipinski definition) is 2. The molecule has 0 N–H and O–H groups in total. The van der Waals surface area contributed by atoms with Crippen molar-refractivity contribution in [3.63, 3.8) is 0 Å². The Morgan fingerprint density at radius 2 is 2.45 bits per heavy atom. The van der Waals surface area contributed by atoms with Gasteiger partial charge >= 0.3 is 0 Å². The van der Waals surface area contributed by atoms with Crippen molar-refractivity contribution >= 4 is 6.29 Å². The highest BCUT2D eigenvalue weighted by molar-refractivity contribution is 5.73. The van der Waals surface area contributed by atoms with Gasteiger partial charge in [-0.25, -0.2) is 0 Å². The van der Waals surface area contributed by atoms with Crippen LogP contribution in [0.2, 0.25) is 0 Å². The van der Waals surface area contributed by atoms with E-state index in [1.165, 1.54) is 0 Å². The number of hydrogen-bond donors (Lipinski definition) is 0. The zero-order valence-electron chi connectivity index (χ0n) is 6.87. The molecule has 11 heavy (non-hydrogen) atoms. The van der Waals surface area contributed by atoms with Crippen LogP contribution in [0.1, 0.15) is 29.4 Å². The molecule has 60 valence electrons. The van der Waals surface area contributed by atoms with Crippen molar-refractivity contribution in [2.75, 3.05) is 0 Å². The molecule has 0 radical (unpaired) electrons. The fraction of sp³-hybridized carbons (Fsp3) is 0.500. The molecule has 0 unspecified atom stereocenters. The maximum atomic E-state index is 10.4. The fourth-order valence-corrected chi connectivity index (χ4v) is 0.996. The van der Waals surface area contributed by atoms with Gasteiger partial charge in [-0.15, -0.1) is 0 Å². The zero-order chi connectivity index (χ0) is 8.27. The third kappa shape index (κ3) is 1.67. The highest BCUT2D eigenvalue weighted by atomic mass is 16.1. The van der Waals surface area contributed by atoms with Gasteiger partial charge in [0.2, 0.25) is 0 Å².